The van der Waals surface area contributed by atoms with Gasteiger partial charge in [0.05, 0.1) is 17.5 Å². The van der Waals surface area contributed by atoms with Crippen LogP contribution < -0.4 is 10.1 Å². The number of hydrogen-bond acceptors (Lipinski definition) is 3. The van der Waals surface area contributed by atoms with Crippen LogP contribution in [0.25, 0.3) is 11.3 Å². The van der Waals surface area contributed by atoms with Gasteiger partial charge in [-0.25, -0.2) is 0 Å². The van der Waals surface area contributed by atoms with Gasteiger partial charge in [-0.1, -0.05) is 0 Å². The number of aryl methyl sites for hydroxylation is 1. The Labute approximate surface area is 107 Å². The molecular formula is C14H19N3O. The third-order valence-electron chi connectivity index (χ3n) is 2.70. The van der Waals surface area contributed by atoms with E-state index < -0.39 is 0 Å². The Kier molecular flexibility index (Phi) is 3.55. The van der Waals surface area contributed by atoms with Crippen LogP contribution in [-0.2, 0) is 0 Å². The van der Waals surface area contributed by atoms with Crippen molar-refractivity contribution in [1.29, 1.82) is 0 Å². The zero-order valence-electron chi connectivity index (χ0n) is 11.2. The number of H-pyrrole nitrogens is 1. The number of nitrogens with zero attached hydrogens (tertiary/aromatic N) is 1. The van der Waals surface area contributed by atoms with Crippen molar-refractivity contribution in [3.05, 3.63) is 30.0 Å². The average Bonchev–Trinajstić information content (AvgIpc) is 2.70. The first-order valence-corrected chi connectivity index (χ1v) is 6.11. The number of anilines is 1. The van der Waals surface area contributed by atoms with Crippen molar-refractivity contribution in [2.75, 3.05) is 12.4 Å². The Morgan fingerprint density at radius 3 is 2.44 bits per heavy atom. The van der Waals surface area contributed by atoms with Gasteiger partial charge in [0.1, 0.15) is 11.4 Å². The Morgan fingerprint density at radius 1 is 1.22 bits per heavy atom. The van der Waals surface area contributed by atoms with Crippen LogP contribution in [-0.4, -0.2) is 23.3 Å². The van der Waals surface area contributed by atoms with Crippen molar-refractivity contribution in [3.63, 3.8) is 0 Å². The second-order valence-corrected chi connectivity index (χ2v) is 4.51. The highest BCUT2D eigenvalue weighted by molar-refractivity contribution is 5.76. The molecule has 96 valence electrons. The standard InChI is InChI=1S/C14H19N3O/c1-9(2)18-12-7-5-11(6-8-12)14-13(15-4)10(3)16-17-14/h5-9,15H,1-4H3,(H,16,17). The van der Waals surface area contributed by atoms with Crippen molar-refractivity contribution in [3.8, 4) is 17.0 Å². The van der Waals surface area contributed by atoms with Gasteiger partial charge in [-0.05, 0) is 45.0 Å². The molecule has 1 aromatic heterocycles. The molecule has 0 atom stereocenters. The molecule has 0 saturated heterocycles. The van der Waals surface area contributed by atoms with E-state index >= 15 is 0 Å². The minimum atomic E-state index is 0.191. The van der Waals surface area contributed by atoms with E-state index in [4.69, 9.17) is 4.74 Å². The van der Waals surface area contributed by atoms with E-state index in [0.29, 0.717) is 0 Å². The minimum Gasteiger partial charge on any atom is -0.491 e. The lowest BCUT2D eigenvalue weighted by atomic mass is 10.1. The van der Waals surface area contributed by atoms with Gasteiger partial charge in [-0.2, -0.15) is 5.10 Å². The number of aromatic nitrogens is 2. The second kappa shape index (κ2) is 5.12. The highest BCUT2D eigenvalue weighted by Gasteiger charge is 2.10. The maximum Gasteiger partial charge on any atom is 0.119 e. The average molecular weight is 245 g/mol. The SMILES string of the molecule is CNc1c(-c2ccc(OC(C)C)cc2)n[nH]c1C. The zero-order valence-corrected chi connectivity index (χ0v) is 11.2. The molecule has 1 aromatic carbocycles. The van der Waals surface area contributed by atoms with Crippen LogP contribution in [0.15, 0.2) is 24.3 Å². The van der Waals surface area contributed by atoms with Gasteiger partial charge in [0.15, 0.2) is 0 Å². The van der Waals surface area contributed by atoms with Crippen LogP contribution in [0.5, 0.6) is 5.75 Å². The molecule has 0 amide bonds. The number of rotatable bonds is 4. The summed E-state index contributed by atoms with van der Waals surface area (Å²) in [5.74, 6) is 0.881. The molecule has 4 heteroatoms. The van der Waals surface area contributed by atoms with E-state index in [2.05, 4.69) is 15.5 Å². The molecule has 0 aliphatic carbocycles. The Bertz CT molecular complexity index is 514. The summed E-state index contributed by atoms with van der Waals surface area (Å²) >= 11 is 0. The van der Waals surface area contributed by atoms with Crippen molar-refractivity contribution in [2.45, 2.75) is 26.9 Å². The number of ether oxygens (including phenoxy) is 1. The van der Waals surface area contributed by atoms with E-state index in [1.54, 1.807) is 0 Å². The van der Waals surface area contributed by atoms with Crippen LogP contribution in [0.4, 0.5) is 5.69 Å². The summed E-state index contributed by atoms with van der Waals surface area (Å²) in [6, 6.07) is 7.99. The fourth-order valence-corrected chi connectivity index (χ4v) is 1.91. The maximum absolute atomic E-state index is 5.62. The number of hydrogen-bond donors (Lipinski definition) is 2. The molecule has 18 heavy (non-hydrogen) atoms. The lowest BCUT2D eigenvalue weighted by molar-refractivity contribution is 0.242. The van der Waals surface area contributed by atoms with E-state index in [-0.39, 0.29) is 6.10 Å². The first kappa shape index (κ1) is 12.5. The number of aromatic amines is 1. The van der Waals surface area contributed by atoms with Gasteiger partial charge in [-0.15, -0.1) is 0 Å². The third kappa shape index (κ3) is 2.47. The largest absolute Gasteiger partial charge is 0.491 e. The van der Waals surface area contributed by atoms with E-state index in [1.165, 1.54) is 0 Å². The van der Waals surface area contributed by atoms with Crippen molar-refractivity contribution in [1.82, 2.24) is 10.2 Å². The fraction of sp³-hybridized carbons (Fsp3) is 0.357. The summed E-state index contributed by atoms with van der Waals surface area (Å²) in [5.41, 5.74) is 4.08. The maximum atomic E-state index is 5.62. The lowest BCUT2D eigenvalue weighted by Gasteiger charge is -2.10. The molecule has 0 unspecified atom stereocenters. The van der Waals surface area contributed by atoms with E-state index in [1.807, 2.05) is 52.1 Å². The molecule has 0 fully saturated rings. The van der Waals surface area contributed by atoms with Gasteiger partial charge in [-0.3, -0.25) is 5.10 Å². The first-order chi connectivity index (χ1) is 8.61. The molecule has 0 spiro atoms. The predicted molar refractivity (Wildman–Crippen MR) is 74.1 cm³/mol. The van der Waals surface area contributed by atoms with Crippen LogP contribution in [0.2, 0.25) is 0 Å². The minimum absolute atomic E-state index is 0.191. The lowest BCUT2D eigenvalue weighted by Crippen LogP contribution is -2.05. The molecule has 0 aliphatic heterocycles. The van der Waals surface area contributed by atoms with Crippen LogP contribution in [0.3, 0.4) is 0 Å². The Balaban J connectivity index is 2.28. The van der Waals surface area contributed by atoms with Crippen molar-refractivity contribution >= 4 is 5.69 Å². The molecule has 2 N–H and O–H groups in total. The first-order valence-electron chi connectivity index (χ1n) is 6.11. The molecule has 0 bridgehead atoms. The van der Waals surface area contributed by atoms with E-state index in [9.17, 15) is 0 Å². The summed E-state index contributed by atoms with van der Waals surface area (Å²) < 4.78 is 5.62. The topological polar surface area (TPSA) is 49.9 Å². The van der Waals surface area contributed by atoms with Gasteiger partial charge in [0.25, 0.3) is 0 Å². The number of benzene rings is 1. The monoisotopic (exact) mass is 245 g/mol. The highest BCUT2D eigenvalue weighted by atomic mass is 16.5. The molecular weight excluding hydrogens is 226 g/mol. The molecule has 0 aliphatic rings. The summed E-state index contributed by atoms with van der Waals surface area (Å²) in [4.78, 5) is 0. The highest BCUT2D eigenvalue weighted by Crippen LogP contribution is 2.29. The molecule has 2 aromatic rings. The van der Waals surface area contributed by atoms with Gasteiger partial charge >= 0.3 is 0 Å². The van der Waals surface area contributed by atoms with Crippen LogP contribution >= 0.6 is 0 Å². The molecule has 1 heterocycles. The molecule has 0 radical (unpaired) electrons. The van der Waals surface area contributed by atoms with Gasteiger partial charge in [0, 0.05) is 12.6 Å². The Hall–Kier alpha value is -1.97. The quantitative estimate of drug-likeness (QED) is 0.869. The summed E-state index contributed by atoms with van der Waals surface area (Å²) in [5, 5.41) is 10.5. The summed E-state index contributed by atoms with van der Waals surface area (Å²) in [6.07, 6.45) is 0.191. The van der Waals surface area contributed by atoms with E-state index in [0.717, 1.165) is 28.4 Å². The van der Waals surface area contributed by atoms with Crippen molar-refractivity contribution in [2.24, 2.45) is 0 Å². The third-order valence-corrected chi connectivity index (χ3v) is 2.70. The van der Waals surface area contributed by atoms with Gasteiger partial charge < -0.3 is 10.1 Å². The van der Waals surface area contributed by atoms with Gasteiger partial charge in [0.2, 0.25) is 0 Å². The van der Waals surface area contributed by atoms with Crippen LogP contribution in [0.1, 0.15) is 19.5 Å². The normalized spacial score (nSPS) is 10.7. The fourth-order valence-electron chi connectivity index (χ4n) is 1.91. The Morgan fingerprint density at radius 2 is 1.89 bits per heavy atom. The zero-order chi connectivity index (χ0) is 13.1. The predicted octanol–water partition coefficient (Wildman–Crippen LogP) is 3.21. The summed E-state index contributed by atoms with van der Waals surface area (Å²) in [6.45, 7) is 6.03. The van der Waals surface area contributed by atoms with Crippen molar-refractivity contribution < 1.29 is 4.74 Å². The number of nitrogens with one attached hydrogen (secondary N) is 2. The molecule has 2 rings (SSSR count). The van der Waals surface area contributed by atoms with Crippen LogP contribution in [0, 0.1) is 6.92 Å². The molecule has 0 saturated carbocycles. The molecule has 4 nitrogen and oxygen atoms in total. The smallest absolute Gasteiger partial charge is 0.119 e. The summed E-state index contributed by atoms with van der Waals surface area (Å²) in [7, 11) is 1.90. The second-order valence-electron chi connectivity index (χ2n) is 4.51.